The van der Waals surface area contributed by atoms with Gasteiger partial charge in [-0.25, -0.2) is 19.9 Å². The Morgan fingerprint density at radius 2 is 1.87 bits per heavy atom. The first kappa shape index (κ1) is 18.8. The molecule has 5 rings (SSSR count). The first-order valence-corrected chi connectivity index (χ1v) is 10.5. The number of fused-ring (bicyclic) bond motifs is 1. The Morgan fingerprint density at radius 1 is 1.03 bits per heavy atom. The molecule has 2 aliphatic rings. The summed E-state index contributed by atoms with van der Waals surface area (Å²) in [5.41, 5.74) is 0.845. The number of nitrogens with zero attached hydrogens (tertiary/aromatic N) is 5. The van der Waals surface area contributed by atoms with E-state index < -0.39 is 0 Å². The summed E-state index contributed by atoms with van der Waals surface area (Å²) in [7, 11) is 3.28. The molecule has 1 unspecified atom stereocenters. The predicted molar refractivity (Wildman–Crippen MR) is 116 cm³/mol. The van der Waals surface area contributed by atoms with Crippen molar-refractivity contribution >= 4 is 22.5 Å². The Labute approximate surface area is 175 Å². The highest BCUT2D eigenvalue weighted by Gasteiger charge is 2.27. The number of anilines is 2. The molecule has 156 valence electrons. The van der Waals surface area contributed by atoms with Crippen LogP contribution in [0.15, 0.2) is 30.7 Å². The maximum absolute atomic E-state index is 5.50. The van der Waals surface area contributed by atoms with E-state index in [1.165, 1.54) is 12.8 Å². The highest BCUT2D eigenvalue weighted by molar-refractivity contribution is 5.92. The van der Waals surface area contributed by atoms with E-state index in [9.17, 15) is 0 Å². The molecular formula is C22H26N6O2. The first-order valence-electron chi connectivity index (χ1n) is 10.5. The van der Waals surface area contributed by atoms with Gasteiger partial charge in [-0.1, -0.05) is 0 Å². The maximum Gasteiger partial charge on any atom is 0.162 e. The molecule has 0 radical (unpaired) electrons. The van der Waals surface area contributed by atoms with Crippen molar-refractivity contribution < 1.29 is 9.47 Å². The molecule has 30 heavy (non-hydrogen) atoms. The predicted octanol–water partition coefficient (Wildman–Crippen LogP) is 3.40. The molecule has 1 N–H and O–H groups in total. The monoisotopic (exact) mass is 406 g/mol. The molecule has 1 aromatic carbocycles. The smallest absolute Gasteiger partial charge is 0.162 e. The number of ether oxygens (including phenoxy) is 2. The van der Waals surface area contributed by atoms with Gasteiger partial charge in [0.15, 0.2) is 11.5 Å². The largest absolute Gasteiger partial charge is 0.493 e. The van der Waals surface area contributed by atoms with E-state index >= 15 is 0 Å². The fraction of sp³-hybridized carbons (Fsp3) is 0.455. The Morgan fingerprint density at radius 3 is 2.67 bits per heavy atom. The van der Waals surface area contributed by atoms with Crippen LogP contribution in [0.25, 0.3) is 10.9 Å². The zero-order valence-electron chi connectivity index (χ0n) is 17.3. The number of aromatic nitrogens is 4. The van der Waals surface area contributed by atoms with Crippen LogP contribution in [-0.4, -0.2) is 53.3 Å². The van der Waals surface area contributed by atoms with Crippen LogP contribution in [0.1, 0.15) is 37.4 Å². The van der Waals surface area contributed by atoms with Gasteiger partial charge < -0.3 is 19.7 Å². The Hall–Kier alpha value is -3.16. The molecular weight excluding hydrogens is 380 g/mol. The van der Waals surface area contributed by atoms with Gasteiger partial charge >= 0.3 is 0 Å². The Balaban J connectivity index is 1.39. The van der Waals surface area contributed by atoms with Crippen LogP contribution in [0, 0.1) is 0 Å². The van der Waals surface area contributed by atoms with Crippen LogP contribution in [0.5, 0.6) is 11.5 Å². The van der Waals surface area contributed by atoms with Crippen molar-refractivity contribution in [2.45, 2.75) is 37.6 Å². The van der Waals surface area contributed by atoms with E-state index in [0.29, 0.717) is 23.5 Å². The number of methoxy groups -OCH3 is 2. The number of piperidine rings is 1. The van der Waals surface area contributed by atoms with Crippen molar-refractivity contribution in [3.8, 4) is 11.5 Å². The summed E-state index contributed by atoms with van der Waals surface area (Å²) >= 11 is 0. The van der Waals surface area contributed by atoms with Crippen LogP contribution < -0.4 is 19.7 Å². The summed E-state index contributed by atoms with van der Waals surface area (Å²) in [6, 6.07) is 6.12. The van der Waals surface area contributed by atoms with E-state index in [0.717, 1.165) is 54.3 Å². The topological polar surface area (TPSA) is 85.3 Å². The molecule has 8 nitrogen and oxygen atoms in total. The minimum Gasteiger partial charge on any atom is -0.493 e. The van der Waals surface area contributed by atoms with Crippen molar-refractivity contribution in [1.82, 2.24) is 19.9 Å². The number of hydrogen-bond donors (Lipinski definition) is 1. The zero-order chi connectivity index (χ0) is 20.5. The van der Waals surface area contributed by atoms with Crippen molar-refractivity contribution in [2.24, 2.45) is 0 Å². The molecule has 1 saturated heterocycles. The molecule has 0 spiro atoms. The average molecular weight is 406 g/mol. The van der Waals surface area contributed by atoms with Gasteiger partial charge in [-0.2, -0.15) is 0 Å². The molecule has 3 aromatic rings. The average Bonchev–Trinajstić information content (AvgIpc) is 3.63. The summed E-state index contributed by atoms with van der Waals surface area (Å²) in [6.07, 6.45) is 8.07. The zero-order valence-corrected chi connectivity index (χ0v) is 17.3. The van der Waals surface area contributed by atoms with Gasteiger partial charge in [0.25, 0.3) is 0 Å². The third-order valence-electron chi connectivity index (χ3n) is 5.81. The number of hydrogen-bond acceptors (Lipinski definition) is 8. The van der Waals surface area contributed by atoms with E-state index in [2.05, 4.69) is 25.2 Å². The van der Waals surface area contributed by atoms with E-state index in [1.807, 2.05) is 24.4 Å². The minimum absolute atomic E-state index is 0.297. The normalized spacial score (nSPS) is 19.0. The van der Waals surface area contributed by atoms with Crippen LogP contribution in [0.3, 0.4) is 0 Å². The Bertz CT molecular complexity index is 1050. The van der Waals surface area contributed by atoms with Crippen molar-refractivity contribution in [1.29, 1.82) is 0 Å². The molecule has 1 aliphatic heterocycles. The van der Waals surface area contributed by atoms with Crippen LogP contribution in [0.4, 0.5) is 11.6 Å². The summed E-state index contributed by atoms with van der Waals surface area (Å²) in [4.78, 5) is 20.5. The summed E-state index contributed by atoms with van der Waals surface area (Å²) in [6.45, 7) is 1.80. The summed E-state index contributed by atoms with van der Waals surface area (Å²) in [5.74, 6) is 4.71. The lowest BCUT2D eigenvalue weighted by Gasteiger charge is -2.34. The quantitative estimate of drug-likeness (QED) is 0.667. The Kier molecular flexibility index (Phi) is 4.98. The van der Waals surface area contributed by atoms with E-state index in [4.69, 9.17) is 14.5 Å². The highest BCUT2D eigenvalue weighted by Crippen LogP contribution is 2.38. The number of rotatable bonds is 6. The van der Waals surface area contributed by atoms with Crippen LogP contribution in [0.2, 0.25) is 0 Å². The van der Waals surface area contributed by atoms with Crippen molar-refractivity contribution in [3.05, 3.63) is 36.5 Å². The summed E-state index contributed by atoms with van der Waals surface area (Å²) in [5, 5.41) is 4.58. The second-order valence-corrected chi connectivity index (χ2v) is 7.93. The van der Waals surface area contributed by atoms with Gasteiger partial charge in [0.2, 0.25) is 0 Å². The van der Waals surface area contributed by atoms with Crippen LogP contribution in [-0.2, 0) is 0 Å². The molecule has 1 aliphatic carbocycles. The lowest BCUT2D eigenvalue weighted by molar-refractivity contribution is 0.355. The molecule has 0 amide bonds. The molecule has 0 bridgehead atoms. The fourth-order valence-electron chi connectivity index (χ4n) is 4.11. The lowest BCUT2D eigenvalue weighted by atomic mass is 10.0. The van der Waals surface area contributed by atoms with Gasteiger partial charge in [0.1, 0.15) is 23.8 Å². The standard InChI is InChI=1S/C22H26N6O2/c1-29-18-10-16-17(11-19(18)30-2)24-13-25-22(16)28-9-3-4-15(12-28)26-20-7-8-23-21(27-20)14-5-6-14/h7-8,10-11,13-15H,3-6,9,12H2,1-2H3,(H,23,26,27). The minimum atomic E-state index is 0.297. The molecule has 1 atom stereocenters. The number of nitrogens with one attached hydrogen (secondary N) is 1. The second kappa shape index (κ2) is 7.93. The first-order chi connectivity index (χ1) is 14.7. The number of benzene rings is 1. The van der Waals surface area contributed by atoms with Crippen molar-refractivity contribution in [2.75, 3.05) is 37.5 Å². The molecule has 2 fully saturated rings. The third kappa shape index (κ3) is 3.69. The SMILES string of the molecule is COc1cc2ncnc(N3CCCC(Nc4ccnc(C5CC5)n4)C3)c2cc1OC. The molecule has 3 heterocycles. The van der Waals surface area contributed by atoms with Gasteiger partial charge in [-0.15, -0.1) is 0 Å². The molecule has 2 aromatic heterocycles. The van der Waals surface area contributed by atoms with Gasteiger partial charge in [-0.05, 0) is 37.8 Å². The van der Waals surface area contributed by atoms with E-state index in [-0.39, 0.29) is 0 Å². The van der Waals surface area contributed by atoms with E-state index in [1.54, 1.807) is 20.5 Å². The maximum atomic E-state index is 5.50. The second-order valence-electron chi connectivity index (χ2n) is 7.93. The highest BCUT2D eigenvalue weighted by atomic mass is 16.5. The van der Waals surface area contributed by atoms with Gasteiger partial charge in [0.05, 0.1) is 19.7 Å². The molecule has 8 heteroatoms. The third-order valence-corrected chi connectivity index (χ3v) is 5.81. The van der Waals surface area contributed by atoms with Crippen molar-refractivity contribution in [3.63, 3.8) is 0 Å². The fourth-order valence-corrected chi connectivity index (χ4v) is 4.11. The summed E-state index contributed by atoms with van der Waals surface area (Å²) < 4.78 is 10.9. The van der Waals surface area contributed by atoms with Gasteiger partial charge in [0, 0.05) is 42.7 Å². The van der Waals surface area contributed by atoms with Gasteiger partial charge in [-0.3, -0.25) is 0 Å². The van der Waals surface area contributed by atoms with Crippen LogP contribution >= 0.6 is 0 Å². The lowest BCUT2D eigenvalue weighted by Crippen LogP contribution is -2.42. The molecule has 1 saturated carbocycles.